The molecule has 0 atom stereocenters. The molecule has 3 aromatic rings. The van der Waals surface area contributed by atoms with Crippen molar-refractivity contribution in [2.75, 3.05) is 20.0 Å². The highest BCUT2D eigenvalue weighted by Crippen LogP contribution is 2.37. The quantitative estimate of drug-likeness (QED) is 0.352. The van der Waals surface area contributed by atoms with E-state index >= 15 is 0 Å². The van der Waals surface area contributed by atoms with Crippen molar-refractivity contribution in [1.82, 2.24) is 14.8 Å². The fourth-order valence-corrected chi connectivity index (χ4v) is 4.83. The fourth-order valence-electron chi connectivity index (χ4n) is 2.75. The lowest BCUT2D eigenvalue weighted by atomic mass is 10.1. The van der Waals surface area contributed by atoms with E-state index in [-0.39, 0.29) is 34.2 Å². The minimum absolute atomic E-state index is 0.0610. The van der Waals surface area contributed by atoms with Gasteiger partial charge >= 0.3 is 11.9 Å². The number of hydrogen-bond donors (Lipinski definition) is 2. The van der Waals surface area contributed by atoms with E-state index in [0.29, 0.717) is 22.3 Å². The van der Waals surface area contributed by atoms with Crippen LogP contribution in [0, 0.1) is 0 Å². The Hall–Kier alpha value is -3.32. The minimum Gasteiger partial charge on any atom is -0.465 e. The van der Waals surface area contributed by atoms with Gasteiger partial charge in [0.05, 0.1) is 26.0 Å². The van der Waals surface area contributed by atoms with Gasteiger partial charge in [0, 0.05) is 24.3 Å². The van der Waals surface area contributed by atoms with Gasteiger partial charge < -0.3 is 25.4 Å². The number of esters is 2. The van der Waals surface area contributed by atoms with Crippen LogP contribution >= 0.6 is 23.1 Å². The SMILES string of the molecule is COC(=O)c1sc(N)c(C(=O)OC)c1CSc1nnc(-c2ccco2)n1CCC(N)=O. The average Bonchev–Trinajstić information content (AvgIpc) is 3.48. The van der Waals surface area contributed by atoms with Gasteiger partial charge in [0.25, 0.3) is 0 Å². The number of methoxy groups -OCH3 is 2. The normalized spacial score (nSPS) is 10.8. The van der Waals surface area contributed by atoms with Crippen LogP contribution in [0.2, 0.25) is 0 Å². The van der Waals surface area contributed by atoms with Gasteiger partial charge in [0.15, 0.2) is 16.7 Å². The Kier molecular flexibility index (Phi) is 6.97. The first kappa shape index (κ1) is 22.4. The van der Waals surface area contributed by atoms with Gasteiger partial charge in [-0.05, 0) is 12.1 Å². The van der Waals surface area contributed by atoms with Crippen LogP contribution in [0.3, 0.4) is 0 Å². The molecule has 0 aliphatic heterocycles. The zero-order valence-corrected chi connectivity index (χ0v) is 18.2. The lowest BCUT2D eigenvalue weighted by Crippen LogP contribution is -2.15. The molecule has 4 N–H and O–H groups in total. The van der Waals surface area contributed by atoms with Crippen LogP contribution in [-0.4, -0.2) is 46.8 Å². The average molecular weight is 466 g/mol. The van der Waals surface area contributed by atoms with Gasteiger partial charge in [-0.2, -0.15) is 0 Å². The Bertz CT molecular complexity index is 1110. The number of thiophene rings is 1. The summed E-state index contributed by atoms with van der Waals surface area (Å²) in [4.78, 5) is 36.0. The predicted octanol–water partition coefficient (Wildman–Crippen LogP) is 1.92. The molecular weight excluding hydrogens is 446 g/mol. The number of primary amides is 1. The van der Waals surface area contributed by atoms with Crippen molar-refractivity contribution in [3.05, 3.63) is 34.4 Å². The second kappa shape index (κ2) is 9.66. The summed E-state index contributed by atoms with van der Waals surface area (Å²) in [6.07, 6.45) is 1.56. The topological polar surface area (TPSA) is 166 Å². The van der Waals surface area contributed by atoms with E-state index in [9.17, 15) is 14.4 Å². The molecule has 0 saturated heterocycles. The van der Waals surface area contributed by atoms with Gasteiger partial charge in [-0.25, -0.2) is 9.59 Å². The minimum atomic E-state index is -0.661. The van der Waals surface area contributed by atoms with E-state index < -0.39 is 17.8 Å². The number of nitrogen functional groups attached to an aromatic ring is 1. The Balaban J connectivity index is 1.96. The summed E-state index contributed by atoms with van der Waals surface area (Å²) < 4.78 is 16.7. The second-order valence-electron chi connectivity index (χ2n) is 6.07. The molecule has 31 heavy (non-hydrogen) atoms. The molecule has 0 bridgehead atoms. The molecule has 0 saturated carbocycles. The fraction of sp³-hybridized carbons (Fsp3) is 0.278. The van der Waals surface area contributed by atoms with Gasteiger partial charge in [-0.15, -0.1) is 21.5 Å². The maximum atomic E-state index is 12.2. The van der Waals surface area contributed by atoms with E-state index in [2.05, 4.69) is 10.2 Å². The number of ether oxygens (including phenoxy) is 2. The molecular formula is C18H19N5O6S2. The highest BCUT2D eigenvalue weighted by atomic mass is 32.2. The van der Waals surface area contributed by atoms with E-state index in [1.165, 1.54) is 32.2 Å². The summed E-state index contributed by atoms with van der Waals surface area (Å²) in [5, 5.41) is 8.89. The van der Waals surface area contributed by atoms with E-state index in [1.807, 2.05) is 0 Å². The first-order valence-electron chi connectivity index (χ1n) is 8.83. The van der Waals surface area contributed by atoms with Crippen molar-refractivity contribution in [3.8, 4) is 11.6 Å². The number of hydrogen-bond acceptors (Lipinski definition) is 11. The predicted molar refractivity (Wildman–Crippen MR) is 113 cm³/mol. The van der Waals surface area contributed by atoms with E-state index in [0.717, 1.165) is 11.3 Å². The van der Waals surface area contributed by atoms with Gasteiger partial charge in [0.1, 0.15) is 9.88 Å². The molecule has 13 heteroatoms. The number of furan rings is 1. The number of nitrogens with zero attached hydrogens (tertiary/aromatic N) is 3. The number of carbonyl (C=O) groups is 3. The third-order valence-corrected chi connectivity index (χ3v) is 6.21. The van der Waals surface area contributed by atoms with Crippen LogP contribution in [0.4, 0.5) is 5.00 Å². The maximum Gasteiger partial charge on any atom is 0.348 e. The van der Waals surface area contributed by atoms with Crippen molar-refractivity contribution in [3.63, 3.8) is 0 Å². The number of thioether (sulfide) groups is 1. The van der Waals surface area contributed by atoms with E-state index in [4.69, 9.17) is 25.4 Å². The Labute approximate surface area is 184 Å². The number of nitrogens with two attached hydrogens (primary N) is 2. The van der Waals surface area contributed by atoms with Crippen molar-refractivity contribution in [2.24, 2.45) is 5.73 Å². The molecule has 0 aliphatic rings. The van der Waals surface area contributed by atoms with Crippen LogP contribution in [0.1, 0.15) is 32.0 Å². The Morgan fingerprint density at radius 2 is 1.97 bits per heavy atom. The third kappa shape index (κ3) is 4.72. The summed E-state index contributed by atoms with van der Waals surface area (Å²) in [5.74, 6) is -0.731. The van der Waals surface area contributed by atoms with E-state index in [1.54, 1.807) is 16.7 Å². The maximum absolute atomic E-state index is 12.2. The number of carbonyl (C=O) groups excluding carboxylic acids is 3. The molecule has 3 heterocycles. The molecule has 0 aliphatic carbocycles. The van der Waals surface area contributed by atoms with Crippen molar-refractivity contribution in [2.45, 2.75) is 23.9 Å². The van der Waals surface area contributed by atoms with Gasteiger partial charge in [0.2, 0.25) is 5.91 Å². The van der Waals surface area contributed by atoms with Crippen LogP contribution in [0.15, 0.2) is 28.0 Å². The monoisotopic (exact) mass is 465 g/mol. The van der Waals surface area contributed by atoms with Crippen LogP contribution < -0.4 is 11.5 Å². The molecule has 164 valence electrons. The Morgan fingerprint density at radius 1 is 1.23 bits per heavy atom. The van der Waals surface area contributed by atoms with Crippen LogP contribution in [0.5, 0.6) is 0 Å². The van der Waals surface area contributed by atoms with Crippen molar-refractivity contribution >= 4 is 45.9 Å². The molecule has 0 aromatic carbocycles. The second-order valence-corrected chi connectivity index (χ2v) is 8.07. The Morgan fingerprint density at radius 3 is 2.58 bits per heavy atom. The standard InChI is InChI=1S/C18H19N5O6S2/c1-27-16(25)12-9(13(17(26)28-2)31-14(12)20)8-30-18-22-21-15(10-4-3-7-29-10)23(18)6-5-11(19)24/h3-4,7H,5-6,8,20H2,1-2H3,(H2,19,24). The zero-order valence-electron chi connectivity index (χ0n) is 16.6. The molecule has 0 fully saturated rings. The molecule has 3 rings (SSSR count). The smallest absolute Gasteiger partial charge is 0.348 e. The lowest BCUT2D eigenvalue weighted by molar-refractivity contribution is -0.118. The third-order valence-electron chi connectivity index (χ3n) is 4.18. The number of anilines is 1. The molecule has 1 amide bonds. The van der Waals surface area contributed by atoms with Gasteiger partial charge in [-0.1, -0.05) is 11.8 Å². The highest BCUT2D eigenvalue weighted by Gasteiger charge is 2.28. The number of amides is 1. The molecule has 0 spiro atoms. The molecule has 0 unspecified atom stereocenters. The highest BCUT2D eigenvalue weighted by molar-refractivity contribution is 7.98. The first-order chi connectivity index (χ1) is 14.9. The summed E-state index contributed by atoms with van der Waals surface area (Å²) >= 11 is 2.14. The molecule has 0 radical (unpaired) electrons. The summed E-state index contributed by atoms with van der Waals surface area (Å²) in [7, 11) is 2.47. The summed E-state index contributed by atoms with van der Waals surface area (Å²) in [6, 6.07) is 3.41. The van der Waals surface area contributed by atoms with Crippen LogP contribution in [0.25, 0.3) is 11.6 Å². The summed E-state index contributed by atoms with van der Waals surface area (Å²) in [5.41, 5.74) is 11.7. The largest absolute Gasteiger partial charge is 0.465 e. The van der Waals surface area contributed by atoms with Crippen molar-refractivity contribution in [1.29, 1.82) is 0 Å². The number of rotatable bonds is 9. The van der Waals surface area contributed by atoms with Crippen molar-refractivity contribution < 1.29 is 28.3 Å². The molecule has 11 nitrogen and oxygen atoms in total. The van der Waals surface area contributed by atoms with Crippen LogP contribution in [-0.2, 0) is 26.6 Å². The summed E-state index contributed by atoms with van der Waals surface area (Å²) in [6.45, 7) is 0.222. The number of aromatic nitrogens is 3. The van der Waals surface area contributed by atoms with Gasteiger partial charge in [-0.3, -0.25) is 9.36 Å². The first-order valence-corrected chi connectivity index (χ1v) is 10.6. The lowest BCUT2D eigenvalue weighted by Gasteiger charge is -2.09. The zero-order chi connectivity index (χ0) is 22.5. The molecule has 3 aromatic heterocycles.